The van der Waals surface area contributed by atoms with Crippen molar-refractivity contribution in [1.29, 1.82) is 0 Å². The topological polar surface area (TPSA) is 49.6 Å². The molecule has 2 aromatic rings. The number of nitrogens with two attached hydrogens (primary N) is 1. The minimum Gasteiger partial charge on any atom is -0.399 e. The lowest BCUT2D eigenvalue weighted by Gasteiger charge is -2.18. The number of carbonyl (C=O) groups excluding carboxylic acids is 1. The molecule has 2 N–H and O–H groups in total. The number of hydrogen-bond donors (Lipinski definition) is 1. The number of carbonyl (C=O) groups is 1. The molecule has 0 atom stereocenters. The zero-order valence-corrected chi connectivity index (χ0v) is 10.5. The standard InChI is InChI=1S/C15H15N3O/c16-12-6-8-14(9-7-12)18-11-10-17(15(18)19)13-4-2-1-3-5-13/h1-9H,10-11,16H2. The van der Waals surface area contributed by atoms with E-state index >= 15 is 0 Å². The van der Waals surface area contributed by atoms with Crippen molar-refractivity contribution in [2.24, 2.45) is 0 Å². The Balaban J connectivity index is 1.84. The van der Waals surface area contributed by atoms with Crippen molar-refractivity contribution in [3.05, 3.63) is 54.6 Å². The fraction of sp³-hybridized carbons (Fsp3) is 0.133. The van der Waals surface area contributed by atoms with Crippen LogP contribution in [0.25, 0.3) is 0 Å². The van der Waals surface area contributed by atoms with Crippen LogP contribution in [-0.4, -0.2) is 19.1 Å². The first-order valence-corrected chi connectivity index (χ1v) is 6.25. The summed E-state index contributed by atoms with van der Waals surface area (Å²) in [4.78, 5) is 16.0. The van der Waals surface area contributed by atoms with E-state index in [0.29, 0.717) is 18.8 Å². The molecular weight excluding hydrogens is 238 g/mol. The van der Waals surface area contributed by atoms with Crippen LogP contribution in [0.2, 0.25) is 0 Å². The molecule has 0 aliphatic carbocycles. The van der Waals surface area contributed by atoms with Crippen LogP contribution in [-0.2, 0) is 0 Å². The largest absolute Gasteiger partial charge is 0.399 e. The second kappa shape index (κ2) is 4.65. The van der Waals surface area contributed by atoms with Gasteiger partial charge in [0.05, 0.1) is 0 Å². The summed E-state index contributed by atoms with van der Waals surface area (Å²) in [5.41, 5.74) is 8.19. The Hall–Kier alpha value is -2.49. The second-order valence-corrected chi connectivity index (χ2v) is 4.51. The number of benzene rings is 2. The molecule has 4 heteroatoms. The summed E-state index contributed by atoms with van der Waals surface area (Å²) in [5.74, 6) is 0. The van der Waals surface area contributed by atoms with Crippen molar-refractivity contribution in [2.45, 2.75) is 0 Å². The SMILES string of the molecule is Nc1ccc(N2CCN(c3ccccc3)C2=O)cc1. The van der Waals surface area contributed by atoms with E-state index in [4.69, 9.17) is 5.73 Å². The lowest BCUT2D eigenvalue weighted by Crippen LogP contribution is -2.31. The van der Waals surface area contributed by atoms with Gasteiger partial charge in [0.1, 0.15) is 0 Å². The third-order valence-corrected chi connectivity index (χ3v) is 3.28. The summed E-state index contributed by atoms with van der Waals surface area (Å²) in [6.07, 6.45) is 0. The first-order chi connectivity index (χ1) is 9.25. The second-order valence-electron chi connectivity index (χ2n) is 4.51. The summed E-state index contributed by atoms with van der Waals surface area (Å²) < 4.78 is 0. The molecule has 2 amide bonds. The lowest BCUT2D eigenvalue weighted by atomic mass is 10.2. The average Bonchev–Trinajstić information content (AvgIpc) is 2.83. The Bertz CT molecular complexity index is 580. The van der Waals surface area contributed by atoms with Crippen molar-refractivity contribution >= 4 is 23.1 Å². The Morgan fingerprint density at radius 1 is 0.789 bits per heavy atom. The molecule has 0 spiro atoms. The predicted molar refractivity (Wildman–Crippen MR) is 77.4 cm³/mol. The highest BCUT2D eigenvalue weighted by molar-refractivity contribution is 6.06. The minimum atomic E-state index is 0.0102. The molecule has 0 radical (unpaired) electrons. The van der Waals surface area contributed by atoms with Crippen molar-refractivity contribution in [3.63, 3.8) is 0 Å². The van der Waals surface area contributed by atoms with E-state index in [1.807, 2.05) is 54.6 Å². The van der Waals surface area contributed by atoms with Gasteiger partial charge in [0.2, 0.25) is 0 Å². The molecule has 4 nitrogen and oxygen atoms in total. The van der Waals surface area contributed by atoms with E-state index in [2.05, 4.69) is 0 Å². The van der Waals surface area contributed by atoms with Crippen LogP contribution in [0, 0.1) is 0 Å². The van der Waals surface area contributed by atoms with Crippen molar-refractivity contribution in [3.8, 4) is 0 Å². The maximum atomic E-state index is 12.4. The maximum absolute atomic E-state index is 12.4. The van der Waals surface area contributed by atoms with E-state index in [0.717, 1.165) is 11.4 Å². The molecule has 1 saturated heterocycles. The highest BCUT2D eigenvalue weighted by Crippen LogP contribution is 2.25. The summed E-state index contributed by atoms with van der Waals surface area (Å²) in [5, 5.41) is 0. The van der Waals surface area contributed by atoms with Gasteiger partial charge < -0.3 is 5.73 Å². The summed E-state index contributed by atoms with van der Waals surface area (Å²) in [6.45, 7) is 1.39. The first-order valence-electron chi connectivity index (χ1n) is 6.25. The molecule has 19 heavy (non-hydrogen) atoms. The van der Waals surface area contributed by atoms with Gasteiger partial charge in [0.15, 0.2) is 0 Å². The van der Waals surface area contributed by atoms with Gasteiger partial charge in [-0.2, -0.15) is 0 Å². The maximum Gasteiger partial charge on any atom is 0.329 e. The average molecular weight is 253 g/mol. The fourth-order valence-corrected chi connectivity index (χ4v) is 2.28. The van der Waals surface area contributed by atoms with Crippen LogP contribution < -0.4 is 15.5 Å². The normalized spacial score (nSPS) is 15.1. The molecule has 96 valence electrons. The highest BCUT2D eigenvalue weighted by atomic mass is 16.2. The molecular formula is C15H15N3O. The smallest absolute Gasteiger partial charge is 0.329 e. The molecule has 1 aliphatic heterocycles. The molecule has 0 bridgehead atoms. The molecule has 1 aliphatic rings. The van der Waals surface area contributed by atoms with Gasteiger partial charge in [-0.05, 0) is 36.4 Å². The highest BCUT2D eigenvalue weighted by Gasteiger charge is 2.30. The number of para-hydroxylation sites is 1. The van der Waals surface area contributed by atoms with Gasteiger partial charge in [-0.3, -0.25) is 9.80 Å². The number of anilines is 3. The molecule has 2 aromatic carbocycles. The number of nitrogen functional groups attached to an aromatic ring is 1. The van der Waals surface area contributed by atoms with Crippen LogP contribution in [0.3, 0.4) is 0 Å². The Morgan fingerprint density at radius 3 is 1.89 bits per heavy atom. The Morgan fingerprint density at radius 2 is 1.32 bits per heavy atom. The van der Waals surface area contributed by atoms with E-state index < -0.39 is 0 Å². The van der Waals surface area contributed by atoms with Gasteiger partial charge in [0, 0.05) is 30.2 Å². The van der Waals surface area contributed by atoms with E-state index in [-0.39, 0.29) is 6.03 Å². The predicted octanol–water partition coefficient (Wildman–Crippen LogP) is 2.72. The zero-order chi connectivity index (χ0) is 13.2. The van der Waals surface area contributed by atoms with Crippen molar-refractivity contribution < 1.29 is 4.79 Å². The number of amides is 2. The summed E-state index contributed by atoms with van der Waals surface area (Å²) in [6, 6.07) is 17.1. The lowest BCUT2D eigenvalue weighted by molar-refractivity contribution is 0.256. The van der Waals surface area contributed by atoms with Crippen LogP contribution >= 0.6 is 0 Å². The van der Waals surface area contributed by atoms with Gasteiger partial charge in [-0.1, -0.05) is 18.2 Å². The number of urea groups is 1. The van der Waals surface area contributed by atoms with Gasteiger partial charge in [-0.25, -0.2) is 4.79 Å². The van der Waals surface area contributed by atoms with Crippen LogP contribution in [0.1, 0.15) is 0 Å². The van der Waals surface area contributed by atoms with E-state index in [9.17, 15) is 4.79 Å². The van der Waals surface area contributed by atoms with Crippen LogP contribution in [0.15, 0.2) is 54.6 Å². The number of hydrogen-bond acceptors (Lipinski definition) is 2. The monoisotopic (exact) mass is 253 g/mol. The van der Waals surface area contributed by atoms with Crippen LogP contribution in [0.4, 0.5) is 21.9 Å². The molecule has 1 fully saturated rings. The van der Waals surface area contributed by atoms with Gasteiger partial charge in [0.25, 0.3) is 0 Å². The fourth-order valence-electron chi connectivity index (χ4n) is 2.28. The summed E-state index contributed by atoms with van der Waals surface area (Å²) in [7, 11) is 0. The first kappa shape index (κ1) is 11.6. The van der Waals surface area contributed by atoms with E-state index in [1.165, 1.54) is 0 Å². The number of rotatable bonds is 2. The Labute approximate surface area is 112 Å². The Kier molecular flexibility index (Phi) is 2.83. The van der Waals surface area contributed by atoms with Crippen LogP contribution in [0.5, 0.6) is 0 Å². The quantitative estimate of drug-likeness (QED) is 0.836. The third-order valence-electron chi connectivity index (χ3n) is 3.28. The molecule has 0 saturated carbocycles. The van der Waals surface area contributed by atoms with Gasteiger partial charge in [-0.15, -0.1) is 0 Å². The third kappa shape index (κ3) is 2.12. The minimum absolute atomic E-state index is 0.0102. The van der Waals surface area contributed by atoms with E-state index in [1.54, 1.807) is 9.80 Å². The summed E-state index contributed by atoms with van der Waals surface area (Å²) >= 11 is 0. The zero-order valence-electron chi connectivity index (χ0n) is 10.5. The number of nitrogens with zero attached hydrogens (tertiary/aromatic N) is 2. The van der Waals surface area contributed by atoms with Crippen molar-refractivity contribution in [2.75, 3.05) is 28.6 Å². The van der Waals surface area contributed by atoms with Crippen molar-refractivity contribution in [1.82, 2.24) is 0 Å². The molecule has 1 heterocycles. The molecule has 0 aromatic heterocycles. The molecule has 0 unspecified atom stereocenters. The molecule has 3 rings (SSSR count). The van der Waals surface area contributed by atoms with Gasteiger partial charge >= 0.3 is 6.03 Å².